The second-order valence-electron chi connectivity index (χ2n) is 4.12. The molecule has 0 atom stereocenters. The van der Waals surface area contributed by atoms with Crippen molar-refractivity contribution in [3.05, 3.63) is 35.4 Å². The van der Waals surface area contributed by atoms with Gasteiger partial charge in [-0.05, 0) is 31.4 Å². The minimum Gasteiger partial charge on any atom is -0.309 e. The molecule has 1 aromatic carbocycles. The summed E-state index contributed by atoms with van der Waals surface area (Å²) in [5, 5.41) is 0. The van der Waals surface area contributed by atoms with Crippen LogP contribution in [0, 0.1) is 0 Å². The lowest BCUT2D eigenvalue weighted by atomic mass is 10.0. The van der Waals surface area contributed by atoms with E-state index in [1.54, 1.807) is 0 Å². The van der Waals surface area contributed by atoms with E-state index in [9.17, 15) is 4.57 Å². The van der Waals surface area contributed by atoms with Gasteiger partial charge in [-0.2, -0.15) is 0 Å². The van der Waals surface area contributed by atoms with E-state index in [4.69, 9.17) is 9.05 Å². The van der Waals surface area contributed by atoms with Gasteiger partial charge in [0.25, 0.3) is 0 Å². The molecule has 1 aromatic rings. The predicted molar refractivity (Wildman–Crippen MR) is 75.0 cm³/mol. The summed E-state index contributed by atoms with van der Waals surface area (Å²) in [5.74, 6) is 0. The lowest BCUT2D eigenvalue weighted by molar-refractivity contribution is 0.219. The Kier molecular flexibility index (Phi) is 6.62. The first-order chi connectivity index (χ1) is 8.65. The zero-order chi connectivity index (χ0) is 13.4. The Morgan fingerprint density at radius 2 is 1.56 bits per heavy atom. The third-order valence-electron chi connectivity index (χ3n) is 2.65. The molecule has 0 aliphatic carbocycles. The van der Waals surface area contributed by atoms with Crippen LogP contribution in [0.25, 0.3) is 0 Å². The minimum absolute atomic E-state index is 0.366. The highest BCUT2D eigenvalue weighted by Gasteiger charge is 2.24. The third kappa shape index (κ3) is 4.56. The number of rotatable bonds is 8. The summed E-state index contributed by atoms with van der Waals surface area (Å²) in [5.41, 5.74) is 2.31. The smallest absolute Gasteiger partial charge is 0.309 e. The van der Waals surface area contributed by atoms with E-state index in [-0.39, 0.29) is 0 Å². The Labute approximate surface area is 110 Å². The van der Waals surface area contributed by atoms with Crippen LogP contribution >= 0.6 is 7.60 Å². The molecule has 0 unspecified atom stereocenters. The standard InChI is InChI=1S/C14H23O3P/c1-4-9-13-10-7-8-11-14(13)12-18(15,16-5-2)17-6-3/h7-8,10-11H,4-6,9,12H2,1-3H3. The van der Waals surface area contributed by atoms with E-state index in [0.717, 1.165) is 18.4 Å². The van der Waals surface area contributed by atoms with Gasteiger partial charge in [-0.1, -0.05) is 37.6 Å². The van der Waals surface area contributed by atoms with Crippen molar-refractivity contribution in [3.63, 3.8) is 0 Å². The van der Waals surface area contributed by atoms with Gasteiger partial charge in [0.15, 0.2) is 0 Å². The van der Waals surface area contributed by atoms with Gasteiger partial charge in [0, 0.05) is 0 Å². The lowest BCUT2D eigenvalue weighted by Gasteiger charge is -2.18. The molecule has 0 aliphatic heterocycles. The molecule has 18 heavy (non-hydrogen) atoms. The van der Waals surface area contributed by atoms with Crippen molar-refractivity contribution in [1.29, 1.82) is 0 Å². The summed E-state index contributed by atoms with van der Waals surface area (Å²) in [6, 6.07) is 8.08. The van der Waals surface area contributed by atoms with Gasteiger partial charge < -0.3 is 9.05 Å². The largest absolute Gasteiger partial charge is 0.335 e. The Morgan fingerprint density at radius 3 is 2.06 bits per heavy atom. The first-order valence-corrected chi connectivity index (χ1v) is 8.32. The molecule has 0 radical (unpaired) electrons. The third-order valence-corrected chi connectivity index (χ3v) is 4.68. The van der Waals surface area contributed by atoms with E-state index in [0.29, 0.717) is 19.4 Å². The van der Waals surface area contributed by atoms with Gasteiger partial charge in [0.1, 0.15) is 0 Å². The molecular weight excluding hydrogens is 247 g/mol. The fourth-order valence-electron chi connectivity index (χ4n) is 1.96. The van der Waals surface area contributed by atoms with Gasteiger partial charge in [0.2, 0.25) is 0 Å². The van der Waals surface area contributed by atoms with Crippen molar-refractivity contribution in [2.75, 3.05) is 13.2 Å². The van der Waals surface area contributed by atoms with Crippen LogP contribution in [0.15, 0.2) is 24.3 Å². The van der Waals surface area contributed by atoms with Crippen LogP contribution in [0.1, 0.15) is 38.3 Å². The second-order valence-corrected chi connectivity index (χ2v) is 6.18. The predicted octanol–water partition coefficient (Wildman–Crippen LogP) is 4.41. The van der Waals surface area contributed by atoms with E-state index in [1.807, 2.05) is 32.0 Å². The Hall–Kier alpha value is -0.630. The summed E-state index contributed by atoms with van der Waals surface area (Å²) in [4.78, 5) is 0. The average Bonchev–Trinajstić information content (AvgIpc) is 2.32. The molecule has 0 aromatic heterocycles. The Morgan fingerprint density at radius 1 is 1.00 bits per heavy atom. The molecule has 1 rings (SSSR count). The number of aryl methyl sites for hydroxylation is 1. The summed E-state index contributed by atoms with van der Waals surface area (Å²) in [6.07, 6.45) is 2.43. The lowest BCUT2D eigenvalue weighted by Crippen LogP contribution is -2.01. The zero-order valence-corrected chi connectivity index (χ0v) is 12.4. The highest BCUT2D eigenvalue weighted by atomic mass is 31.2. The molecule has 3 nitrogen and oxygen atoms in total. The Balaban J connectivity index is 2.89. The number of hydrogen-bond acceptors (Lipinski definition) is 3. The van der Waals surface area contributed by atoms with E-state index in [2.05, 4.69) is 13.0 Å². The zero-order valence-electron chi connectivity index (χ0n) is 11.5. The number of hydrogen-bond donors (Lipinski definition) is 0. The molecule has 0 spiro atoms. The van der Waals surface area contributed by atoms with E-state index >= 15 is 0 Å². The van der Waals surface area contributed by atoms with Crippen molar-refractivity contribution in [2.24, 2.45) is 0 Å². The van der Waals surface area contributed by atoms with Crippen molar-refractivity contribution in [2.45, 2.75) is 39.8 Å². The van der Waals surface area contributed by atoms with E-state index < -0.39 is 7.60 Å². The van der Waals surface area contributed by atoms with Gasteiger partial charge in [0.05, 0.1) is 19.4 Å². The SMILES string of the molecule is CCCc1ccccc1CP(=O)(OCC)OCC. The molecule has 0 amide bonds. The van der Waals surface area contributed by atoms with E-state index in [1.165, 1.54) is 5.56 Å². The van der Waals surface area contributed by atoms with Crippen molar-refractivity contribution >= 4 is 7.60 Å². The van der Waals surface area contributed by atoms with Crippen LogP contribution in [0.3, 0.4) is 0 Å². The highest BCUT2D eigenvalue weighted by Crippen LogP contribution is 2.51. The summed E-state index contributed by atoms with van der Waals surface area (Å²) in [6.45, 7) is 6.63. The summed E-state index contributed by atoms with van der Waals surface area (Å²) < 4.78 is 23.2. The minimum atomic E-state index is -2.99. The first-order valence-electron chi connectivity index (χ1n) is 6.60. The molecule has 0 aliphatic rings. The maximum absolute atomic E-state index is 12.5. The maximum atomic E-state index is 12.5. The molecule has 102 valence electrons. The van der Waals surface area contributed by atoms with Gasteiger partial charge in [-0.25, -0.2) is 0 Å². The van der Waals surface area contributed by atoms with Crippen LogP contribution in [0.2, 0.25) is 0 Å². The first kappa shape index (κ1) is 15.4. The van der Waals surface area contributed by atoms with Crippen LogP contribution in [0.4, 0.5) is 0 Å². The topological polar surface area (TPSA) is 35.5 Å². The monoisotopic (exact) mass is 270 g/mol. The molecular formula is C14H23O3P. The molecule has 0 fully saturated rings. The average molecular weight is 270 g/mol. The summed E-state index contributed by atoms with van der Waals surface area (Å²) >= 11 is 0. The van der Waals surface area contributed by atoms with Crippen molar-refractivity contribution in [1.82, 2.24) is 0 Å². The fraction of sp³-hybridized carbons (Fsp3) is 0.571. The highest BCUT2D eigenvalue weighted by molar-refractivity contribution is 7.53. The van der Waals surface area contributed by atoms with Gasteiger partial charge in [-0.3, -0.25) is 4.57 Å². The van der Waals surface area contributed by atoms with Crippen LogP contribution in [-0.4, -0.2) is 13.2 Å². The van der Waals surface area contributed by atoms with Gasteiger partial charge in [-0.15, -0.1) is 0 Å². The maximum Gasteiger partial charge on any atom is 0.335 e. The molecule has 0 heterocycles. The quantitative estimate of drug-likeness (QED) is 0.656. The molecule has 0 saturated carbocycles. The van der Waals surface area contributed by atoms with Crippen LogP contribution in [0.5, 0.6) is 0 Å². The van der Waals surface area contributed by atoms with Crippen molar-refractivity contribution in [3.8, 4) is 0 Å². The molecule has 0 saturated heterocycles. The van der Waals surface area contributed by atoms with Crippen LogP contribution in [-0.2, 0) is 26.2 Å². The summed E-state index contributed by atoms with van der Waals surface area (Å²) in [7, 11) is -2.99. The normalized spacial score (nSPS) is 11.7. The van der Waals surface area contributed by atoms with Gasteiger partial charge >= 0.3 is 7.60 Å². The Bertz CT molecular complexity index is 394. The molecule has 0 N–H and O–H groups in total. The molecule has 0 bridgehead atoms. The van der Waals surface area contributed by atoms with Crippen LogP contribution < -0.4 is 0 Å². The molecule has 4 heteroatoms. The second kappa shape index (κ2) is 7.73. The number of benzene rings is 1. The van der Waals surface area contributed by atoms with Crippen molar-refractivity contribution < 1.29 is 13.6 Å². The fourth-order valence-corrected chi connectivity index (χ4v) is 3.73.